The molecule has 1 aromatic heterocycles. The van der Waals surface area contributed by atoms with Gasteiger partial charge in [-0.1, -0.05) is 6.92 Å². The van der Waals surface area contributed by atoms with Crippen molar-refractivity contribution in [3.05, 3.63) is 53.3 Å². The number of aryl methyl sites for hydroxylation is 1. The summed E-state index contributed by atoms with van der Waals surface area (Å²) in [6.07, 6.45) is 1.68. The van der Waals surface area contributed by atoms with Crippen LogP contribution in [-0.4, -0.2) is 31.6 Å². The van der Waals surface area contributed by atoms with Gasteiger partial charge in [-0.05, 0) is 42.3 Å². The Hall–Kier alpha value is -2.87. The number of fused-ring (bicyclic) bond motifs is 1. The Balaban J connectivity index is 2.19. The minimum absolute atomic E-state index is 0.0130. The summed E-state index contributed by atoms with van der Waals surface area (Å²) in [5.41, 5.74) is 2.06. The molecule has 0 unspecified atom stereocenters. The third kappa shape index (κ3) is 3.95. The van der Waals surface area contributed by atoms with Gasteiger partial charge in [0.25, 0.3) is 0 Å². The third-order valence-corrected chi connectivity index (χ3v) is 4.81. The average Bonchev–Trinajstić information content (AvgIpc) is 2.97. The van der Waals surface area contributed by atoms with E-state index in [2.05, 4.69) is 5.32 Å². The predicted molar refractivity (Wildman–Crippen MR) is 101 cm³/mol. The van der Waals surface area contributed by atoms with E-state index in [0.29, 0.717) is 28.6 Å². The lowest BCUT2D eigenvalue weighted by molar-refractivity contribution is 0.0699. The maximum absolute atomic E-state index is 13.2. The van der Waals surface area contributed by atoms with Gasteiger partial charge in [0, 0.05) is 29.0 Å². The van der Waals surface area contributed by atoms with Crippen molar-refractivity contribution in [2.45, 2.75) is 13.3 Å². The summed E-state index contributed by atoms with van der Waals surface area (Å²) in [6, 6.07) is 8.63. The number of nitrogens with one attached hydrogen (secondary N) is 1. The predicted octanol–water partition coefficient (Wildman–Crippen LogP) is 3.91. The van der Waals surface area contributed by atoms with Crippen LogP contribution < -0.4 is 5.32 Å². The first-order valence-electron chi connectivity index (χ1n) is 8.20. The molecule has 27 heavy (non-hydrogen) atoms. The van der Waals surface area contributed by atoms with Crippen LogP contribution in [0.4, 0.5) is 10.1 Å². The Labute approximate surface area is 155 Å². The van der Waals surface area contributed by atoms with Crippen LogP contribution in [0.3, 0.4) is 0 Å². The standard InChI is InChI=1S/C19H18FNO5S/c1-3-11-8-14-16(9-15(11)21-10-27(2,24)25)26-18(17(14)19(22)23)12-4-6-13(20)7-5-12/h4-9,21H,3,10H2,1-2H3,(H,22,23). The molecule has 0 amide bonds. The molecule has 0 aliphatic carbocycles. The van der Waals surface area contributed by atoms with Crippen molar-refractivity contribution >= 4 is 32.5 Å². The topological polar surface area (TPSA) is 96.6 Å². The van der Waals surface area contributed by atoms with Crippen LogP contribution in [-0.2, 0) is 16.3 Å². The Morgan fingerprint density at radius 3 is 2.44 bits per heavy atom. The van der Waals surface area contributed by atoms with Crippen molar-refractivity contribution in [3.63, 3.8) is 0 Å². The van der Waals surface area contributed by atoms with Gasteiger partial charge in [0.15, 0.2) is 9.84 Å². The van der Waals surface area contributed by atoms with Gasteiger partial charge < -0.3 is 14.8 Å². The van der Waals surface area contributed by atoms with E-state index < -0.39 is 21.6 Å². The fraction of sp³-hybridized carbons (Fsp3) is 0.211. The summed E-state index contributed by atoms with van der Waals surface area (Å²) in [5.74, 6) is -1.72. The normalized spacial score (nSPS) is 11.7. The smallest absolute Gasteiger partial charge is 0.340 e. The molecule has 3 rings (SSSR count). The molecular formula is C19H18FNO5S. The summed E-state index contributed by atoms with van der Waals surface area (Å²) < 4.78 is 41.8. The zero-order valence-electron chi connectivity index (χ0n) is 14.7. The number of carboxylic acids is 1. The van der Waals surface area contributed by atoms with Gasteiger partial charge in [-0.2, -0.15) is 0 Å². The van der Waals surface area contributed by atoms with Crippen LogP contribution in [0.5, 0.6) is 0 Å². The first-order chi connectivity index (χ1) is 12.7. The molecule has 142 valence electrons. The molecule has 8 heteroatoms. The number of halogens is 1. The highest BCUT2D eigenvalue weighted by molar-refractivity contribution is 7.90. The number of benzene rings is 2. The van der Waals surface area contributed by atoms with Gasteiger partial charge in [-0.15, -0.1) is 0 Å². The minimum atomic E-state index is -3.24. The lowest BCUT2D eigenvalue weighted by Gasteiger charge is -2.10. The van der Waals surface area contributed by atoms with Crippen molar-refractivity contribution < 1.29 is 27.1 Å². The molecule has 0 saturated heterocycles. The Morgan fingerprint density at radius 1 is 1.22 bits per heavy atom. The third-order valence-electron chi connectivity index (χ3n) is 4.14. The zero-order valence-corrected chi connectivity index (χ0v) is 15.6. The van der Waals surface area contributed by atoms with E-state index in [1.54, 1.807) is 12.1 Å². The Bertz CT molecular complexity index is 1120. The highest BCUT2D eigenvalue weighted by atomic mass is 32.2. The van der Waals surface area contributed by atoms with E-state index >= 15 is 0 Å². The van der Waals surface area contributed by atoms with Gasteiger partial charge in [0.2, 0.25) is 0 Å². The second-order valence-electron chi connectivity index (χ2n) is 6.22. The summed E-state index contributed by atoms with van der Waals surface area (Å²) in [4.78, 5) is 11.8. The molecule has 0 aliphatic heterocycles. The molecule has 1 heterocycles. The summed E-state index contributed by atoms with van der Waals surface area (Å²) in [7, 11) is -3.24. The van der Waals surface area contributed by atoms with Gasteiger partial charge >= 0.3 is 5.97 Å². The van der Waals surface area contributed by atoms with Crippen molar-refractivity contribution in [1.29, 1.82) is 0 Å². The van der Waals surface area contributed by atoms with E-state index in [9.17, 15) is 22.7 Å². The molecule has 0 spiro atoms. The number of aromatic carboxylic acids is 1. The lowest BCUT2D eigenvalue weighted by Crippen LogP contribution is -2.13. The van der Waals surface area contributed by atoms with Crippen LogP contribution in [0.2, 0.25) is 0 Å². The second-order valence-corrected chi connectivity index (χ2v) is 8.36. The van der Waals surface area contributed by atoms with Crippen molar-refractivity contribution in [3.8, 4) is 11.3 Å². The molecule has 0 bridgehead atoms. The molecule has 0 atom stereocenters. The number of hydrogen-bond donors (Lipinski definition) is 2. The summed E-state index contributed by atoms with van der Waals surface area (Å²) in [5, 5.41) is 12.9. The van der Waals surface area contributed by atoms with Gasteiger partial charge in [0.1, 0.15) is 28.6 Å². The van der Waals surface area contributed by atoms with Gasteiger partial charge in [-0.25, -0.2) is 17.6 Å². The molecule has 0 fully saturated rings. The van der Waals surface area contributed by atoms with Crippen molar-refractivity contribution in [1.82, 2.24) is 0 Å². The number of carbonyl (C=O) groups is 1. The largest absolute Gasteiger partial charge is 0.478 e. The number of carboxylic acid groups (broad SMARTS) is 1. The zero-order chi connectivity index (χ0) is 19.8. The molecule has 2 aromatic carbocycles. The fourth-order valence-corrected chi connectivity index (χ4v) is 3.29. The highest BCUT2D eigenvalue weighted by Crippen LogP contribution is 2.36. The maximum Gasteiger partial charge on any atom is 0.340 e. The summed E-state index contributed by atoms with van der Waals surface area (Å²) >= 11 is 0. The molecule has 0 radical (unpaired) electrons. The molecular weight excluding hydrogens is 373 g/mol. The molecule has 2 N–H and O–H groups in total. The number of hydrogen-bond acceptors (Lipinski definition) is 5. The van der Waals surface area contributed by atoms with E-state index in [4.69, 9.17) is 4.42 Å². The van der Waals surface area contributed by atoms with Crippen molar-refractivity contribution in [2.75, 3.05) is 17.4 Å². The van der Waals surface area contributed by atoms with Crippen molar-refractivity contribution in [2.24, 2.45) is 0 Å². The SMILES string of the molecule is CCc1cc2c(C(=O)O)c(-c3ccc(F)cc3)oc2cc1NCS(C)(=O)=O. The number of rotatable bonds is 6. The van der Waals surface area contributed by atoms with Crippen LogP contribution >= 0.6 is 0 Å². The second kappa shape index (κ2) is 7.03. The van der Waals surface area contributed by atoms with Crippen LogP contribution in [0, 0.1) is 5.82 Å². The van der Waals surface area contributed by atoms with Gasteiger partial charge in [0.05, 0.1) is 0 Å². The molecule has 6 nitrogen and oxygen atoms in total. The first kappa shape index (κ1) is 18.9. The van der Waals surface area contributed by atoms with Crippen LogP contribution in [0.1, 0.15) is 22.8 Å². The van der Waals surface area contributed by atoms with E-state index in [1.807, 2.05) is 6.92 Å². The Kier molecular flexibility index (Phi) is 4.93. The summed E-state index contributed by atoms with van der Waals surface area (Å²) in [6.45, 7) is 1.88. The highest BCUT2D eigenvalue weighted by Gasteiger charge is 2.23. The number of anilines is 1. The fourth-order valence-electron chi connectivity index (χ4n) is 2.87. The first-order valence-corrected chi connectivity index (χ1v) is 10.3. The number of sulfone groups is 1. The maximum atomic E-state index is 13.2. The van der Waals surface area contributed by atoms with E-state index in [-0.39, 0.29) is 17.2 Å². The van der Waals surface area contributed by atoms with Crippen LogP contribution in [0.15, 0.2) is 40.8 Å². The van der Waals surface area contributed by atoms with E-state index in [1.165, 1.54) is 24.3 Å². The van der Waals surface area contributed by atoms with Crippen LogP contribution in [0.25, 0.3) is 22.3 Å². The Morgan fingerprint density at radius 2 is 1.89 bits per heavy atom. The molecule has 3 aromatic rings. The monoisotopic (exact) mass is 391 g/mol. The quantitative estimate of drug-likeness (QED) is 0.661. The minimum Gasteiger partial charge on any atom is -0.478 e. The lowest BCUT2D eigenvalue weighted by atomic mass is 10.0. The van der Waals surface area contributed by atoms with Gasteiger partial charge in [-0.3, -0.25) is 0 Å². The number of furan rings is 1. The van der Waals surface area contributed by atoms with E-state index in [0.717, 1.165) is 11.8 Å². The molecule has 0 aliphatic rings. The average molecular weight is 391 g/mol. The molecule has 0 saturated carbocycles.